The van der Waals surface area contributed by atoms with Crippen molar-refractivity contribution >= 4 is 11.4 Å². The molecule has 1 nitrogen and oxygen atoms in total. The van der Waals surface area contributed by atoms with Crippen LogP contribution in [0, 0.1) is 0 Å². The van der Waals surface area contributed by atoms with Gasteiger partial charge in [-0.15, -0.1) is 0 Å². The first-order valence-corrected chi connectivity index (χ1v) is 7.56. The number of carbonyl (C=O) groups excluding carboxylic acids is 1. The standard InChI is InChI=1S/C20H20O/c1-3-18-19-7-5-4-6-16(19)12-13-20(18)17-10-8-15(9-11-17)14(2)21/h3-11,20H,12-13H2,1-2H3. The third-order valence-corrected chi connectivity index (χ3v) is 4.44. The van der Waals surface area contributed by atoms with E-state index in [1.54, 1.807) is 6.92 Å². The second kappa shape index (κ2) is 5.69. The van der Waals surface area contributed by atoms with Crippen LogP contribution in [0.15, 0.2) is 54.6 Å². The molecule has 0 spiro atoms. The zero-order valence-electron chi connectivity index (χ0n) is 12.6. The quantitative estimate of drug-likeness (QED) is 0.704. The largest absolute Gasteiger partial charge is 0.295 e. The highest BCUT2D eigenvalue weighted by molar-refractivity contribution is 5.94. The number of ketones is 1. The van der Waals surface area contributed by atoms with Crippen LogP contribution in [0.1, 0.15) is 53.2 Å². The van der Waals surface area contributed by atoms with Gasteiger partial charge in [-0.1, -0.05) is 54.6 Å². The predicted octanol–water partition coefficient (Wildman–Crippen LogP) is 5.02. The van der Waals surface area contributed by atoms with Crippen molar-refractivity contribution in [3.05, 3.63) is 76.9 Å². The zero-order valence-corrected chi connectivity index (χ0v) is 12.6. The highest BCUT2D eigenvalue weighted by atomic mass is 16.1. The number of Topliss-reactive ketones (excluding diaryl/α,β-unsaturated/α-hetero) is 1. The van der Waals surface area contributed by atoms with Crippen molar-refractivity contribution < 1.29 is 4.79 Å². The molecule has 1 heteroatoms. The van der Waals surface area contributed by atoms with Crippen molar-refractivity contribution in [3.8, 4) is 0 Å². The third kappa shape index (κ3) is 2.56. The average Bonchev–Trinajstić information content (AvgIpc) is 2.53. The van der Waals surface area contributed by atoms with Crippen LogP contribution in [0.3, 0.4) is 0 Å². The summed E-state index contributed by atoms with van der Waals surface area (Å²) >= 11 is 0. The van der Waals surface area contributed by atoms with E-state index >= 15 is 0 Å². The molecule has 0 fully saturated rings. The lowest BCUT2D eigenvalue weighted by atomic mass is 9.76. The van der Waals surface area contributed by atoms with Crippen LogP contribution >= 0.6 is 0 Å². The van der Waals surface area contributed by atoms with Crippen LogP contribution in [0.2, 0.25) is 0 Å². The summed E-state index contributed by atoms with van der Waals surface area (Å²) in [6.45, 7) is 3.73. The minimum absolute atomic E-state index is 0.127. The number of allylic oxidation sites excluding steroid dienone is 2. The van der Waals surface area contributed by atoms with Gasteiger partial charge in [-0.2, -0.15) is 0 Å². The molecule has 0 saturated carbocycles. The van der Waals surface area contributed by atoms with Gasteiger partial charge in [0.25, 0.3) is 0 Å². The molecule has 0 N–H and O–H groups in total. The average molecular weight is 276 g/mol. The molecule has 0 heterocycles. The van der Waals surface area contributed by atoms with Gasteiger partial charge in [-0.3, -0.25) is 4.79 Å². The maximum atomic E-state index is 11.4. The molecule has 0 aromatic heterocycles. The van der Waals surface area contributed by atoms with Crippen LogP contribution in [0.25, 0.3) is 5.57 Å². The van der Waals surface area contributed by atoms with E-state index in [1.807, 2.05) is 12.1 Å². The topological polar surface area (TPSA) is 17.1 Å². The highest BCUT2D eigenvalue weighted by Gasteiger charge is 2.24. The fourth-order valence-corrected chi connectivity index (χ4v) is 3.32. The van der Waals surface area contributed by atoms with Crippen molar-refractivity contribution in [2.45, 2.75) is 32.6 Å². The Labute approximate surface area is 126 Å². The molecule has 106 valence electrons. The normalized spacial score (nSPS) is 19.3. The molecular formula is C20H20O. The first-order chi connectivity index (χ1) is 10.2. The summed E-state index contributed by atoms with van der Waals surface area (Å²) in [6.07, 6.45) is 4.49. The number of hydrogen-bond acceptors (Lipinski definition) is 1. The summed E-state index contributed by atoms with van der Waals surface area (Å²) in [5, 5.41) is 0. The monoisotopic (exact) mass is 276 g/mol. The minimum atomic E-state index is 0.127. The summed E-state index contributed by atoms with van der Waals surface area (Å²) in [7, 11) is 0. The molecule has 3 rings (SSSR count). The van der Waals surface area contributed by atoms with Gasteiger partial charge in [0, 0.05) is 11.5 Å². The number of carbonyl (C=O) groups is 1. The summed E-state index contributed by atoms with van der Waals surface area (Å²) < 4.78 is 0. The Bertz CT molecular complexity index is 692. The SMILES string of the molecule is CC=C1c2ccccc2CCC1c1ccc(C(C)=O)cc1. The molecule has 0 amide bonds. The Morgan fingerprint density at radius 2 is 1.81 bits per heavy atom. The van der Waals surface area contributed by atoms with E-state index in [9.17, 15) is 4.79 Å². The van der Waals surface area contributed by atoms with E-state index < -0.39 is 0 Å². The smallest absolute Gasteiger partial charge is 0.159 e. The molecule has 0 radical (unpaired) electrons. The molecule has 0 bridgehead atoms. The van der Waals surface area contributed by atoms with Gasteiger partial charge in [0.15, 0.2) is 5.78 Å². The van der Waals surface area contributed by atoms with E-state index in [-0.39, 0.29) is 5.78 Å². The molecule has 1 unspecified atom stereocenters. The summed E-state index contributed by atoms with van der Waals surface area (Å²) in [5.41, 5.74) is 6.33. The van der Waals surface area contributed by atoms with Gasteiger partial charge in [-0.05, 0) is 49.0 Å². The number of rotatable bonds is 2. The van der Waals surface area contributed by atoms with Crippen LogP contribution in [0.4, 0.5) is 0 Å². The zero-order chi connectivity index (χ0) is 14.8. The number of benzene rings is 2. The fraction of sp³-hybridized carbons (Fsp3) is 0.250. The summed E-state index contributed by atoms with van der Waals surface area (Å²) in [5.74, 6) is 0.563. The van der Waals surface area contributed by atoms with Crippen molar-refractivity contribution in [3.63, 3.8) is 0 Å². The van der Waals surface area contributed by atoms with Crippen molar-refractivity contribution in [1.82, 2.24) is 0 Å². The van der Waals surface area contributed by atoms with Gasteiger partial charge < -0.3 is 0 Å². The summed E-state index contributed by atoms with van der Waals surface area (Å²) in [6, 6.07) is 16.8. The highest BCUT2D eigenvalue weighted by Crippen LogP contribution is 2.41. The fourth-order valence-electron chi connectivity index (χ4n) is 3.32. The Morgan fingerprint density at radius 1 is 1.10 bits per heavy atom. The minimum Gasteiger partial charge on any atom is -0.295 e. The molecular weight excluding hydrogens is 256 g/mol. The van der Waals surface area contributed by atoms with Crippen molar-refractivity contribution in [2.24, 2.45) is 0 Å². The Morgan fingerprint density at radius 3 is 2.48 bits per heavy atom. The third-order valence-electron chi connectivity index (χ3n) is 4.44. The summed E-state index contributed by atoms with van der Waals surface area (Å²) in [4.78, 5) is 11.4. The van der Waals surface area contributed by atoms with Crippen LogP contribution < -0.4 is 0 Å². The van der Waals surface area contributed by atoms with Gasteiger partial charge in [0.2, 0.25) is 0 Å². The lowest BCUT2D eigenvalue weighted by molar-refractivity contribution is 0.101. The Kier molecular flexibility index (Phi) is 3.74. The second-order valence-corrected chi connectivity index (χ2v) is 5.67. The van der Waals surface area contributed by atoms with Crippen LogP contribution in [-0.4, -0.2) is 5.78 Å². The van der Waals surface area contributed by atoms with E-state index in [4.69, 9.17) is 0 Å². The van der Waals surface area contributed by atoms with E-state index in [0.717, 1.165) is 18.4 Å². The van der Waals surface area contributed by atoms with Gasteiger partial charge in [0.1, 0.15) is 0 Å². The molecule has 1 aliphatic carbocycles. The van der Waals surface area contributed by atoms with Crippen LogP contribution in [-0.2, 0) is 6.42 Å². The molecule has 21 heavy (non-hydrogen) atoms. The predicted molar refractivity (Wildman–Crippen MR) is 87.6 cm³/mol. The molecule has 0 saturated heterocycles. The first-order valence-electron chi connectivity index (χ1n) is 7.56. The number of aryl methyl sites for hydroxylation is 1. The maximum absolute atomic E-state index is 11.4. The van der Waals surface area contributed by atoms with Gasteiger partial charge in [-0.25, -0.2) is 0 Å². The van der Waals surface area contributed by atoms with E-state index in [1.165, 1.54) is 22.3 Å². The Balaban J connectivity index is 1.98. The number of hydrogen-bond donors (Lipinski definition) is 0. The first kappa shape index (κ1) is 13.8. The molecule has 1 atom stereocenters. The molecule has 2 aromatic rings. The van der Waals surface area contributed by atoms with Crippen molar-refractivity contribution in [1.29, 1.82) is 0 Å². The van der Waals surface area contributed by atoms with Crippen LogP contribution in [0.5, 0.6) is 0 Å². The lowest BCUT2D eigenvalue weighted by Crippen LogP contribution is -2.12. The van der Waals surface area contributed by atoms with Crippen molar-refractivity contribution in [2.75, 3.05) is 0 Å². The molecule has 2 aromatic carbocycles. The maximum Gasteiger partial charge on any atom is 0.159 e. The van der Waals surface area contributed by atoms with Gasteiger partial charge in [0.05, 0.1) is 0 Å². The van der Waals surface area contributed by atoms with E-state index in [0.29, 0.717) is 5.92 Å². The second-order valence-electron chi connectivity index (χ2n) is 5.67. The van der Waals surface area contributed by atoms with Gasteiger partial charge >= 0.3 is 0 Å². The lowest BCUT2D eigenvalue weighted by Gasteiger charge is -2.28. The Hall–Kier alpha value is -2.15. The molecule has 0 aliphatic heterocycles. The van der Waals surface area contributed by atoms with E-state index in [2.05, 4.69) is 49.4 Å². The molecule has 1 aliphatic rings. The number of fused-ring (bicyclic) bond motifs is 1.